The molecule has 0 unspecified atom stereocenters. The van der Waals surface area contributed by atoms with E-state index in [9.17, 15) is 4.79 Å². The molecule has 0 amide bonds. The first-order valence-electron chi connectivity index (χ1n) is 6.63. The monoisotopic (exact) mass is 300 g/mol. The van der Waals surface area contributed by atoms with E-state index in [2.05, 4.69) is 4.98 Å². The van der Waals surface area contributed by atoms with E-state index in [1.807, 2.05) is 22.2 Å². The van der Waals surface area contributed by atoms with E-state index < -0.39 is 0 Å². The van der Waals surface area contributed by atoms with Crippen LogP contribution in [0.15, 0.2) is 36.0 Å². The van der Waals surface area contributed by atoms with Crippen LogP contribution in [0.3, 0.4) is 0 Å². The van der Waals surface area contributed by atoms with Gasteiger partial charge >= 0.3 is 0 Å². The first-order chi connectivity index (χ1) is 10.3. The van der Waals surface area contributed by atoms with Gasteiger partial charge in [-0.15, -0.1) is 11.3 Å². The lowest BCUT2D eigenvalue weighted by atomic mass is 10.1. The van der Waals surface area contributed by atoms with Crippen molar-refractivity contribution in [2.75, 3.05) is 13.2 Å². The average Bonchev–Trinajstić information content (AvgIpc) is 3.08. The van der Waals surface area contributed by atoms with E-state index in [1.54, 1.807) is 29.5 Å². The van der Waals surface area contributed by atoms with Gasteiger partial charge < -0.3 is 9.47 Å². The normalized spacial score (nSPS) is 13.5. The molecule has 106 valence electrons. The van der Waals surface area contributed by atoms with Gasteiger partial charge in [0.25, 0.3) is 0 Å². The number of nitrogens with zero attached hydrogens (tertiary/aromatic N) is 2. The van der Waals surface area contributed by atoms with Crippen molar-refractivity contribution in [3.63, 3.8) is 0 Å². The van der Waals surface area contributed by atoms with Gasteiger partial charge in [-0.1, -0.05) is 0 Å². The molecule has 2 aromatic heterocycles. The smallest absolute Gasteiger partial charge is 0.193 e. The minimum Gasteiger partial charge on any atom is -0.486 e. The highest BCUT2D eigenvalue weighted by atomic mass is 32.1. The fourth-order valence-corrected chi connectivity index (χ4v) is 3.06. The molecule has 0 atom stereocenters. The molecule has 0 spiro atoms. The van der Waals surface area contributed by atoms with Gasteiger partial charge in [-0.05, 0) is 18.2 Å². The Morgan fingerprint density at radius 3 is 3.00 bits per heavy atom. The lowest BCUT2D eigenvalue weighted by Gasteiger charge is -2.18. The Kier molecular flexibility index (Phi) is 2.89. The molecular formula is C15H12N2O3S. The number of Topliss-reactive ketones (excluding diaryl/α,β-unsaturated/α-hetero) is 1. The highest BCUT2D eigenvalue weighted by Gasteiger charge is 2.16. The van der Waals surface area contributed by atoms with Crippen LogP contribution in [0.1, 0.15) is 16.1 Å². The molecule has 1 aliphatic heterocycles. The Morgan fingerprint density at radius 1 is 1.29 bits per heavy atom. The first kappa shape index (κ1) is 12.4. The summed E-state index contributed by atoms with van der Waals surface area (Å²) in [6.45, 7) is 1.06. The summed E-state index contributed by atoms with van der Waals surface area (Å²) in [6.07, 6.45) is 4.11. The minimum atomic E-state index is 0.0257. The SMILES string of the molecule is O=C(Cc1cn2ccsc2n1)c1ccc2c(c1)OCCO2. The number of benzene rings is 1. The summed E-state index contributed by atoms with van der Waals surface area (Å²) in [5.74, 6) is 1.36. The van der Waals surface area contributed by atoms with Gasteiger partial charge in [-0.3, -0.25) is 9.20 Å². The molecule has 0 radical (unpaired) electrons. The fourth-order valence-electron chi connectivity index (χ4n) is 2.34. The van der Waals surface area contributed by atoms with Crippen LogP contribution in [-0.4, -0.2) is 28.4 Å². The maximum absolute atomic E-state index is 12.4. The van der Waals surface area contributed by atoms with Crippen LogP contribution >= 0.6 is 11.3 Å². The van der Waals surface area contributed by atoms with Crippen molar-refractivity contribution in [2.24, 2.45) is 0 Å². The summed E-state index contributed by atoms with van der Waals surface area (Å²) < 4.78 is 12.9. The standard InChI is InChI=1S/C15H12N2O3S/c18-12(8-11-9-17-3-6-21-15(17)16-11)10-1-2-13-14(7-10)20-5-4-19-13/h1-3,6-7,9H,4-5,8H2. The van der Waals surface area contributed by atoms with Crippen molar-refractivity contribution in [1.82, 2.24) is 9.38 Å². The second-order valence-corrected chi connectivity index (χ2v) is 5.66. The molecule has 21 heavy (non-hydrogen) atoms. The molecule has 0 saturated heterocycles. The summed E-state index contributed by atoms with van der Waals surface area (Å²) >= 11 is 1.55. The van der Waals surface area contributed by atoms with Crippen LogP contribution in [0.25, 0.3) is 4.96 Å². The Bertz CT molecular complexity index is 793. The number of aromatic nitrogens is 2. The number of thiazole rings is 1. The molecule has 3 aromatic rings. The maximum atomic E-state index is 12.4. The lowest BCUT2D eigenvalue weighted by molar-refractivity contribution is 0.0991. The predicted molar refractivity (Wildman–Crippen MR) is 78.5 cm³/mol. The van der Waals surface area contributed by atoms with Gasteiger partial charge in [0.1, 0.15) is 13.2 Å². The summed E-state index contributed by atoms with van der Waals surface area (Å²) in [7, 11) is 0. The Morgan fingerprint density at radius 2 is 2.14 bits per heavy atom. The van der Waals surface area contributed by atoms with E-state index in [0.717, 1.165) is 10.7 Å². The summed E-state index contributed by atoms with van der Waals surface area (Å²) in [5, 5.41) is 1.97. The first-order valence-corrected chi connectivity index (χ1v) is 7.51. The number of hydrogen-bond donors (Lipinski definition) is 0. The quantitative estimate of drug-likeness (QED) is 0.698. The van der Waals surface area contributed by atoms with Gasteiger partial charge in [0, 0.05) is 23.3 Å². The highest BCUT2D eigenvalue weighted by Crippen LogP contribution is 2.31. The molecule has 0 bridgehead atoms. The van der Waals surface area contributed by atoms with Crippen molar-refractivity contribution in [1.29, 1.82) is 0 Å². The van der Waals surface area contributed by atoms with Crippen molar-refractivity contribution in [3.8, 4) is 11.5 Å². The van der Waals surface area contributed by atoms with E-state index in [-0.39, 0.29) is 12.2 Å². The second-order valence-electron chi connectivity index (χ2n) is 4.78. The van der Waals surface area contributed by atoms with Crippen LogP contribution in [0.2, 0.25) is 0 Å². The van der Waals surface area contributed by atoms with Crippen molar-refractivity contribution in [2.45, 2.75) is 6.42 Å². The molecule has 0 N–H and O–H groups in total. The number of fused-ring (bicyclic) bond motifs is 2. The third-order valence-corrected chi connectivity index (χ3v) is 4.12. The van der Waals surface area contributed by atoms with E-state index in [1.165, 1.54) is 0 Å². The Labute approximate surface area is 124 Å². The zero-order valence-corrected chi connectivity index (χ0v) is 11.9. The third-order valence-electron chi connectivity index (χ3n) is 3.35. The van der Waals surface area contributed by atoms with Crippen LogP contribution in [0.5, 0.6) is 11.5 Å². The van der Waals surface area contributed by atoms with Crippen LogP contribution in [-0.2, 0) is 6.42 Å². The number of ketones is 1. The number of ether oxygens (including phenoxy) is 2. The number of carbonyl (C=O) groups is 1. The predicted octanol–water partition coefficient (Wildman–Crippen LogP) is 2.59. The third kappa shape index (κ3) is 2.27. The van der Waals surface area contributed by atoms with Crippen molar-refractivity contribution in [3.05, 3.63) is 47.2 Å². The van der Waals surface area contributed by atoms with Gasteiger partial charge in [-0.2, -0.15) is 0 Å². The molecule has 0 fully saturated rings. The van der Waals surface area contributed by atoms with E-state index in [4.69, 9.17) is 9.47 Å². The summed E-state index contributed by atoms with van der Waals surface area (Å²) in [4.78, 5) is 17.7. The minimum absolute atomic E-state index is 0.0257. The van der Waals surface area contributed by atoms with Crippen molar-refractivity contribution >= 4 is 22.1 Å². The fraction of sp³-hybridized carbons (Fsp3) is 0.200. The highest BCUT2D eigenvalue weighted by molar-refractivity contribution is 7.15. The molecule has 4 rings (SSSR count). The van der Waals surface area contributed by atoms with Crippen molar-refractivity contribution < 1.29 is 14.3 Å². The average molecular weight is 300 g/mol. The lowest BCUT2D eigenvalue weighted by Crippen LogP contribution is -2.16. The van der Waals surface area contributed by atoms with Gasteiger partial charge in [-0.25, -0.2) is 4.98 Å². The number of hydrogen-bond acceptors (Lipinski definition) is 5. The molecule has 3 heterocycles. The largest absolute Gasteiger partial charge is 0.486 e. The number of rotatable bonds is 3. The Hall–Kier alpha value is -2.34. The number of imidazole rings is 1. The van der Waals surface area contributed by atoms with E-state index in [0.29, 0.717) is 30.3 Å². The molecular weight excluding hydrogens is 288 g/mol. The zero-order chi connectivity index (χ0) is 14.2. The van der Waals surface area contributed by atoms with Gasteiger partial charge in [0.15, 0.2) is 22.2 Å². The van der Waals surface area contributed by atoms with Crippen LogP contribution in [0.4, 0.5) is 0 Å². The topological polar surface area (TPSA) is 52.8 Å². The van der Waals surface area contributed by atoms with Crippen LogP contribution < -0.4 is 9.47 Å². The van der Waals surface area contributed by atoms with E-state index >= 15 is 0 Å². The molecule has 1 aromatic carbocycles. The molecule has 0 saturated carbocycles. The summed E-state index contributed by atoms with van der Waals surface area (Å²) in [6, 6.07) is 5.30. The van der Waals surface area contributed by atoms with Gasteiger partial charge in [0.2, 0.25) is 0 Å². The second kappa shape index (κ2) is 4.89. The van der Waals surface area contributed by atoms with Gasteiger partial charge in [0.05, 0.1) is 12.1 Å². The number of carbonyl (C=O) groups excluding carboxylic acids is 1. The molecule has 1 aliphatic rings. The maximum Gasteiger partial charge on any atom is 0.193 e. The molecule has 0 aliphatic carbocycles. The summed E-state index contributed by atoms with van der Waals surface area (Å²) in [5.41, 5.74) is 1.40. The molecule has 6 heteroatoms. The molecule has 5 nitrogen and oxygen atoms in total. The zero-order valence-electron chi connectivity index (χ0n) is 11.1. The Balaban J connectivity index is 1.58. The van der Waals surface area contributed by atoms with Crippen LogP contribution in [0, 0.1) is 0 Å².